The molecule has 6 heteroatoms. The molecule has 5 nitrogen and oxygen atoms in total. The average Bonchev–Trinajstić information content (AvgIpc) is 2.41. The Bertz CT molecular complexity index is 604. The van der Waals surface area contributed by atoms with Crippen molar-refractivity contribution in [2.24, 2.45) is 0 Å². The molecule has 0 aliphatic heterocycles. The second kappa shape index (κ2) is 6.18. The van der Waals surface area contributed by atoms with E-state index < -0.39 is 5.82 Å². The Morgan fingerprint density at radius 1 is 1.25 bits per heavy atom. The van der Waals surface area contributed by atoms with Crippen LogP contribution in [-0.2, 0) is 6.42 Å². The number of ether oxygens (including phenoxy) is 1. The Morgan fingerprint density at radius 3 is 2.70 bits per heavy atom. The molecular formula is C14H17FN4O. The molecule has 1 heterocycles. The van der Waals surface area contributed by atoms with Crippen LogP contribution in [0.2, 0.25) is 0 Å². The van der Waals surface area contributed by atoms with Crippen molar-refractivity contribution in [3.8, 4) is 5.75 Å². The number of nitrogens with zero attached hydrogens (tertiary/aromatic N) is 2. The fourth-order valence-corrected chi connectivity index (χ4v) is 1.74. The van der Waals surface area contributed by atoms with Gasteiger partial charge in [-0.15, -0.1) is 0 Å². The molecule has 106 valence electrons. The summed E-state index contributed by atoms with van der Waals surface area (Å²) >= 11 is 0. The quantitative estimate of drug-likeness (QED) is 0.878. The van der Waals surface area contributed by atoms with Gasteiger partial charge in [0.05, 0.1) is 6.61 Å². The number of aromatic nitrogens is 2. The number of nitrogen functional groups attached to an aromatic ring is 1. The number of halogens is 1. The molecule has 0 spiro atoms. The third-order valence-electron chi connectivity index (χ3n) is 2.61. The van der Waals surface area contributed by atoms with Crippen LogP contribution in [0, 0.1) is 5.82 Å². The summed E-state index contributed by atoms with van der Waals surface area (Å²) in [6.07, 6.45) is 0.678. The molecule has 2 rings (SSSR count). The number of hydrogen-bond donors (Lipinski definition) is 2. The third-order valence-corrected chi connectivity index (χ3v) is 2.61. The van der Waals surface area contributed by atoms with Crippen LogP contribution >= 0.6 is 0 Å². The normalized spacial score (nSPS) is 10.3. The third kappa shape index (κ3) is 3.34. The van der Waals surface area contributed by atoms with E-state index in [2.05, 4.69) is 15.3 Å². The minimum atomic E-state index is -0.422. The Morgan fingerprint density at radius 2 is 2.05 bits per heavy atom. The van der Waals surface area contributed by atoms with Crippen molar-refractivity contribution < 1.29 is 9.13 Å². The number of hydrogen-bond acceptors (Lipinski definition) is 5. The zero-order chi connectivity index (χ0) is 14.5. The lowest BCUT2D eigenvalue weighted by atomic mass is 10.3. The summed E-state index contributed by atoms with van der Waals surface area (Å²) in [5.74, 6) is 1.37. The highest BCUT2D eigenvalue weighted by Crippen LogP contribution is 2.23. The zero-order valence-electron chi connectivity index (χ0n) is 11.5. The molecule has 20 heavy (non-hydrogen) atoms. The summed E-state index contributed by atoms with van der Waals surface area (Å²) in [7, 11) is 0. The first-order valence-corrected chi connectivity index (χ1v) is 6.45. The lowest BCUT2D eigenvalue weighted by molar-refractivity contribution is 0.321. The summed E-state index contributed by atoms with van der Waals surface area (Å²) in [6.45, 7) is 4.17. The second-order valence-corrected chi connectivity index (χ2v) is 4.15. The first kappa shape index (κ1) is 14.0. The van der Waals surface area contributed by atoms with Gasteiger partial charge in [0.1, 0.15) is 17.5 Å². The molecule has 0 amide bonds. The van der Waals surface area contributed by atoms with Crippen molar-refractivity contribution in [3.63, 3.8) is 0 Å². The van der Waals surface area contributed by atoms with Crippen LogP contribution < -0.4 is 15.8 Å². The maximum absolute atomic E-state index is 13.7. The molecular weight excluding hydrogens is 259 g/mol. The standard InChI is InChI=1S/C14H17FN4O/c1-3-13-18-12(16)8-14(19-13)17-9-5-6-11(20-4-2)10(15)7-9/h5-8H,3-4H2,1-2H3,(H3,16,17,18,19). The van der Waals surface area contributed by atoms with Gasteiger partial charge in [-0.3, -0.25) is 0 Å². The van der Waals surface area contributed by atoms with Crippen molar-refractivity contribution in [2.45, 2.75) is 20.3 Å². The molecule has 0 fully saturated rings. The highest BCUT2D eigenvalue weighted by Gasteiger charge is 2.06. The first-order chi connectivity index (χ1) is 9.62. The molecule has 1 aromatic heterocycles. The van der Waals surface area contributed by atoms with Crippen LogP contribution in [-0.4, -0.2) is 16.6 Å². The van der Waals surface area contributed by atoms with E-state index in [1.165, 1.54) is 6.07 Å². The molecule has 0 unspecified atom stereocenters. The molecule has 3 N–H and O–H groups in total. The van der Waals surface area contributed by atoms with Crippen LogP contribution in [0.5, 0.6) is 5.75 Å². The fourth-order valence-electron chi connectivity index (χ4n) is 1.74. The highest BCUT2D eigenvalue weighted by atomic mass is 19.1. The minimum Gasteiger partial charge on any atom is -0.491 e. The van der Waals surface area contributed by atoms with Gasteiger partial charge in [-0.2, -0.15) is 0 Å². The zero-order valence-corrected chi connectivity index (χ0v) is 11.5. The molecule has 0 aliphatic rings. The van der Waals surface area contributed by atoms with Crippen molar-refractivity contribution in [1.82, 2.24) is 9.97 Å². The highest BCUT2D eigenvalue weighted by molar-refractivity contribution is 5.59. The van der Waals surface area contributed by atoms with Gasteiger partial charge in [0, 0.05) is 24.2 Å². The van der Waals surface area contributed by atoms with Gasteiger partial charge < -0.3 is 15.8 Å². The lowest BCUT2D eigenvalue weighted by Crippen LogP contribution is -2.03. The summed E-state index contributed by atoms with van der Waals surface area (Å²) in [5.41, 5.74) is 6.27. The largest absolute Gasteiger partial charge is 0.491 e. The van der Waals surface area contributed by atoms with Crippen molar-refractivity contribution in [3.05, 3.63) is 35.9 Å². The van der Waals surface area contributed by atoms with Crippen molar-refractivity contribution in [1.29, 1.82) is 0 Å². The number of benzene rings is 1. The minimum absolute atomic E-state index is 0.231. The van der Waals surface area contributed by atoms with E-state index in [0.717, 1.165) is 0 Å². The monoisotopic (exact) mass is 276 g/mol. The number of rotatable bonds is 5. The predicted molar refractivity (Wildman–Crippen MR) is 76.7 cm³/mol. The van der Waals surface area contributed by atoms with Crippen molar-refractivity contribution >= 4 is 17.3 Å². The topological polar surface area (TPSA) is 73.1 Å². The smallest absolute Gasteiger partial charge is 0.167 e. The molecule has 0 atom stereocenters. The van der Waals surface area contributed by atoms with Crippen LogP contribution in [0.15, 0.2) is 24.3 Å². The van der Waals surface area contributed by atoms with Gasteiger partial charge in [-0.1, -0.05) is 6.92 Å². The van der Waals surface area contributed by atoms with Crippen LogP contribution in [0.25, 0.3) is 0 Å². The SMILES string of the molecule is CCOc1ccc(Nc2cc(N)nc(CC)n2)cc1F. The fraction of sp³-hybridized carbons (Fsp3) is 0.286. The Balaban J connectivity index is 2.21. The van der Waals surface area contributed by atoms with E-state index in [0.29, 0.717) is 36.2 Å². The number of anilines is 3. The van der Waals surface area contributed by atoms with Crippen molar-refractivity contribution in [2.75, 3.05) is 17.7 Å². The second-order valence-electron chi connectivity index (χ2n) is 4.15. The average molecular weight is 276 g/mol. The lowest BCUT2D eigenvalue weighted by Gasteiger charge is -2.10. The molecule has 2 aromatic rings. The van der Waals surface area contributed by atoms with E-state index >= 15 is 0 Å². The Labute approximate surface area is 117 Å². The van der Waals surface area contributed by atoms with E-state index in [-0.39, 0.29) is 5.75 Å². The van der Waals surface area contributed by atoms with Crippen LogP contribution in [0.1, 0.15) is 19.7 Å². The van der Waals surface area contributed by atoms with Gasteiger partial charge in [-0.05, 0) is 19.1 Å². The van der Waals surface area contributed by atoms with Gasteiger partial charge in [0.15, 0.2) is 11.6 Å². The molecule has 0 radical (unpaired) electrons. The molecule has 0 saturated carbocycles. The Kier molecular flexibility index (Phi) is 4.34. The molecule has 0 aliphatic carbocycles. The van der Waals surface area contributed by atoms with E-state index in [9.17, 15) is 4.39 Å². The number of nitrogens with one attached hydrogen (secondary N) is 1. The summed E-state index contributed by atoms with van der Waals surface area (Å²) in [5, 5.41) is 3.00. The van der Waals surface area contributed by atoms with Gasteiger partial charge in [0.25, 0.3) is 0 Å². The predicted octanol–water partition coefficient (Wildman–Crippen LogP) is 2.90. The molecule has 0 saturated heterocycles. The number of aryl methyl sites for hydroxylation is 1. The Hall–Kier alpha value is -2.37. The maximum Gasteiger partial charge on any atom is 0.167 e. The maximum atomic E-state index is 13.7. The molecule has 0 bridgehead atoms. The molecule has 1 aromatic carbocycles. The summed E-state index contributed by atoms with van der Waals surface area (Å²) in [4.78, 5) is 8.36. The number of nitrogens with two attached hydrogens (primary N) is 1. The van der Waals surface area contributed by atoms with Crippen LogP contribution in [0.4, 0.5) is 21.7 Å². The summed E-state index contributed by atoms with van der Waals surface area (Å²) in [6, 6.07) is 6.26. The van der Waals surface area contributed by atoms with E-state index in [4.69, 9.17) is 10.5 Å². The van der Waals surface area contributed by atoms with E-state index in [1.54, 1.807) is 18.2 Å². The van der Waals surface area contributed by atoms with Gasteiger partial charge in [-0.25, -0.2) is 14.4 Å². The first-order valence-electron chi connectivity index (χ1n) is 6.45. The van der Waals surface area contributed by atoms with E-state index in [1.807, 2.05) is 13.8 Å². The van der Waals surface area contributed by atoms with Gasteiger partial charge in [0.2, 0.25) is 0 Å². The van der Waals surface area contributed by atoms with Gasteiger partial charge >= 0.3 is 0 Å². The summed E-state index contributed by atoms with van der Waals surface area (Å²) < 4.78 is 18.9. The van der Waals surface area contributed by atoms with Crippen LogP contribution in [0.3, 0.4) is 0 Å².